The zero-order chi connectivity index (χ0) is 22.9. The van der Waals surface area contributed by atoms with Gasteiger partial charge >= 0.3 is 0 Å². The summed E-state index contributed by atoms with van der Waals surface area (Å²) in [6, 6.07) is 39.0. The molecule has 2 aromatic heterocycles. The van der Waals surface area contributed by atoms with Gasteiger partial charge in [-0.05, 0) is 47.5 Å². The maximum absolute atomic E-state index is 4.55. The van der Waals surface area contributed by atoms with E-state index in [1.807, 2.05) is 54.7 Å². The Morgan fingerprint density at radius 2 is 1.47 bits per heavy atom. The molecule has 0 atom stereocenters. The molecule has 0 aliphatic rings. The Kier molecular flexibility index (Phi) is 9.46. The van der Waals surface area contributed by atoms with E-state index >= 15 is 0 Å². The molecule has 0 aliphatic carbocycles. The zero-order valence-corrected chi connectivity index (χ0v) is 21.7. The van der Waals surface area contributed by atoms with Gasteiger partial charge < -0.3 is 9.97 Å². The van der Waals surface area contributed by atoms with Crippen LogP contribution in [0.3, 0.4) is 0 Å². The quantitative estimate of drug-likeness (QED) is 0.198. The molecule has 5 aromatic rings. The van der Waals surface area contributed by atoms with E-state index in [9.17, 15) is 0 Å². The predicted molar refractivity (Wildman–Crippen MR) is 136 cm³/mol. The number of aromatic nitrogens is 2. The van der Waals surface area contributed by atoms with Gasteiger partial charge in [0.05, 0.1) is 0 Å². The number of hydrogen-bond donors (Lipinski definition) is 0. The van der Waals surface area contributed by atoms with E-state index in [2.05, 4.69) is 84.5 Å². The van der Waals surface area contributed by atoms with Crippen molar-refractivity contribution in [2.75, 3.05) is 0 Å². The molecule has 2 nitrogen and oxygen atoms in total. The smallest absolute Gasteiger partial charge is 0.0192 e. The summed E-state index contributed by atoms with van der Waals surface area (Å²) in [7, 11) is 0. The first-order chi connectivity index (χ1) is 16.2. The first-order valence-electron chi connectivity index (χ1n) is 11.1. The normalized spacial score (nSPS) is 9.94. The molecular formula is C31H26IrN2-2. The molecule has 0 bridgehead atoms. The van der Waals surface area contributed by atoms with E-state index in [-0.39, 0.29) is 20.1 Å². The number of benzene rings is 3. The van der Waals surface area contributed by atoms with E-state index in [4.69, 9.17) is 0 Å². The Bertz CT molecular complexity index is 1230. The number of pyridine rings is 2. The van der Waals surface area contributed by atoms with Gasteiger partial charge in [0.2, 0.25) is 0 Å². The van der Waals surface area contributed by atoms with Crippen LogP contribution in [0.15, 0.2) is 109 Å². The van der Waals surface area contributed by atoms with Crippen LogP contribution in [0.2, 0.25) is 0 Å². The van der Waals surface area contributed by atoms with Gasteiger partial charge in [0.25, 0.3) is 0 Å². The summed E-state index contributed by atoms with van der Waals surface area (Å²) < 4.78 is 0. The van der Waals surface area contributed by atoms with E-state index in [1.165, 1.54) is 22.3 Å². The molecule has 0 spiro atoms. The largest absolute Gasteiger partial charge is 0.305 e. The van der Waals surface area contributed by atoms with Crippen molar-refractivity contribution in [2.45, 2.75) is 20.3 Å². The third kappa shape index (κ3) is 7.05. The Hall–Kier alpha value is -3.39. The van der Waals surface area contributed by atoms with Gasteiger partial charge in [-0.15, -0.1) is 71.3 Å². The van der Waals surface area contributed by atoms with Crippen molar-refractivity contribution in [3.8, 4) is 22.5 Å². The topological polar surface area (TPSA) is 25.8 Å². The number of nitrogens with zero attached hydrogens (tertiary/aromatic N) is 2. The van der Waals surface area contributed by atoms with Crippen molar-refractivity contribution >= 4 is 0 Å². The Balaban J connectivity index is 0.000000212. The Morgan fingerprint density at radius 1 is 0.706 bits per heavy atom. The second-order valence-electron chi connectivity index (χ2n) is 7.93. The molecule has 34 heavy (non-hydrogen) atoms. The van der Waals surface area contributed by atoms with Crippen molar-refractivity contribution in [1.29, 1.82) is 0 Å². The number of rotatable bonds is 4. The van der Waals surface area contributed by atoms with Gasteiger partial charge in [-0.3, -0.25) is 0 Å². The maximum Gasteiger partial charge on any atom is 0.0192 e. The van der Waals surface area contributed by atoms with Crippen LogP contribution in [0.4, 0.5) is 0 Å². The fourth-order valence-corrected chi connectivity index (χ4v) is 3.46. The van der Waals surface area contributed by atoms with Crippen LogP contribution in [0, 0.1) is 26.0 Å². The van der Waals surface area contributed by atoms with Gasteiger partial charge in [-0.2, -0.15) is 0 Å². The minimum Gasteiger partial charge on any atom is -0.305 e. The standard InChI is InChI=1S/C20H18N.C11H8N.Ir/c1-15-8-10-18(11-9-15)20-13-19(16(2)14-21-20)12-17-6-4-3-5-7-17;1-2-6-10(7-3-1)11-8-4-5-9-12-11;/h3-10,13-14H,12H2,1-2H3;1-6,8-9H;/q2*-1;. The van der Waals surface area contributed by atoms with Crippen molar-refractivity contribution in [3.63, 3.8) is 0 Å². The van der Waals surface area contributed by atoms with E-state index in [0.29, 0.717) is 0 Å². The summed E-state index contributed by atoms with van der Waals surface area (Å²) in [5, 5.41) is 0. The maximum atomic E-state index is 4.55. The third-order valence-corrected chi connectivity index (χ3v) is 5.35. The second-order valence-corrected chi connectivity index (χ2v) is 7.93. The number of aryl methyl sites for hydroxylation is 2. The van der Waals surface area contributed by atoms with Crippen LogP contribution in [0.1, 0.15) is 22.3 Å². The molecule has 3 heteroatoms. The molecule has 2 heterocycles. The summed E-state index contributed by atoms with van der Waals surface area (Å²) in [5.41, 5.74) is 9.15. The van der Waals surface area contributed by atoms with Gasteiger partial charge in [0.15, 0.2) is 0 Å². The van der Waals surface area contributed by atoms with Crippen molar-refractivity contribution in [1.82, 2.24) is 9.97 Å². The Labute approximate surface area is 216 Å². The monoisotopic (exact) mass is 619 g/mol. The molecular weight excluding hydrogens is 593 g/mol. The molecule has 5 rings (SSSR count). The molecule has 0 amide bonds. The van der Waals surface area contributed by atoms with Crippen LogP contribution in [0.5, 0.6) is 0 Å². The van der Waals surface area contributed by atoms with Gasteiger partial charge in [0.1, 0.15) is 0 Å². The summed E-state index contributed by atoms with van der Waals surface area (Å²) in [6.07, 6.45) is 4.69. The molecule has 0 fully saturated rings. The molecule has 0 N–H and O–H groups in total. The summed E-state index contributed by atoms with van der Waals surface area (Å²) >= 11 is 0. The van der Waals surface area contributed by atoms with Gasteiger partial charge in [0, 0.05) is 32.5 Å². The van der Waals surface area contributed by atoms with Crippen LogP contribution in [-0.2, 0) is 26.5 Å². The average molecular weight is 619 g/mol. The summed E-state index contributed by atoms with van der Waals surface area (Å²) in [5.74, 6) is 0. The molecule has 0 saturated heterocycles. The summed E-state index contributed by atoms with van der Waals surface area (Å²) in [4.78, 5) is 8.77. The van der Waals surface area contributed by atoms with Crippen LogP contribution < -0.4 is 0 Å². The molecule has 171 valence electrons. The minimum absolute atomic E-state index is 0. The number of hydrogen-bond acceptors (Lipinski definition) is 2. The molecule has 0 aliphatic heterocycles. The molecule has 1 radical (unpaired) electrons. The Morgan fingerprint density at radius 3 is 2.15 bits per heavy atom. The third-order valence-electron chi connectivity index (χ3n) is 5.35. The first-order valence-corrected chi connectivity index (χ1v) is 11.1. The zero-order valence-electron chi connectivity index (χ0n) is 19.3. The average Bonchev–Trinajstić information content (AvgIpc) is 2.88. The van der Waals surface area contributed by atoms with E-state index < -0.39 is 0 Å². The van der Waals surface area contributed by atoms with Gasteiger partial charge in [-0.1, -0.05) is 55.5 Å². The second kappa shape index (κ2) is 12.7. The van der Waals surface area contributed by atoms with Crippen molar-refractivity contribution in [2.24, 2.45) is 0 Å². The molecule has 3 aromatic carbocycles. The summed E-state index contributed by atoms with van der Waals surface area (Å²) in [6.45, 7) is 4.19. The van der Waals surface area contributed by atoms with Crippen LogP contribution >= 0.6 is 0 Å². The fourth-order valence-electron chi connectivity index (χ4n) is 3.46. The first kappa shape index (κ1) is 25.2. The molecule has 0 saturated carbocycles. The van der Waals surface area contributed by atoms with Crippen LogP contribution in [0.25, 0.3) is 22.5 Å². The van der Waals surface area contributed by atoms with E-state index in [1.54, 1.807) is 6.20 Å². The van der Waals surface area contributed by atoms with Crippen molar-refractivity contribution < 1.29 is 20.1 Å². The minimum atomic E-state index is 0. The molecule has 0 unspecified atom stereocenters. The van der Waals surface area contributed by atoms with E-state index in [0.717, 1.165) is 28.9 Å². The van der Waals surface area contributed by atoms with Crippen LogP contribution in [-0.4, -0.2) is 9.97 Å². The predicted octanol–water partition coefficient (Wildman–Crippen LogP) is 7.30. The van der Waals surface area contributed by atoms with Gasteiger partial charge in [-0.25, -0.2) is 0 Å². The van der Waals surface area contributed by atoms with Crippen molar-refractivity contribution in [3.05, 3.63) is 144 Å². The SMILES string of the molecule is Cc1c[c-]c(-c2cc(Cc3ccccc3)c(C)cn2)cc1.[Ir].[c-]1ccccc1-c1ccccn1. The fraction of sp³-hybridized carbons (Fsp3) is 0.0968.